The summed E-state index contributed by atoms with van der Waals surface area (Å²) in [6.07, 6.45) is 5.94. The van der Waals surface area contributed by atoms with Gasteiger partial charge < -0.3 is 5.32 Å². The molecule has 0 aromatic heterocycles. The topological polar surface area (TPSA) is 12.0 Å². The molecule has 82 valence electrons. The van der Waals surface area contributed by atoms with E-state index in [9.17, 15) is 0 Å². The quantitative estimate of drug-likeness (QED) is 0.729. The van der Waals surface area contributed by atoms with Crippen LogP contribution >= 0.6 is 0 Å². The summed E-state index contributed by atoms with van der Waals surface area (Å²) in [5.74, 6) is 2.78. The first-order chi connectivity index (χ1) is 6.49. The maximum absolute atomic E-state index is 3.89. The Morgan fingerprint density at radius 1 is 1.14 bits per heavy atom. The van der Waals surface area contributed by atoms with Gasteiger partial charge in [-0.25, -0.2) is 0 Å². The van der Waals surface area contributed by atoms with Crippen LogP contribution in [0.25, 0.3) is 0 Å². The SMILES string of the molecule is CC(C)C(C)(C)NC1CC2CCC1C2. The van der Waals surface area contributed by atoms with Crippen LogP contribution in [0.4, 0.5) is 0 Å². The van der Waals surface area contributed by atoms with E-state index < -0.39 is 0 Å². The Morgan fingerprint density at radius 3 is 2.29 bits per heavy atom. The highest BCUT2D eigenvalue weighted by atomic mass is 15.0. The highest BCUT2D eigenvalue weighted by Gasteiger charge is 2.41. The zero-order chi connectivity index (χ0) is 10.3. The molecule has 3 atom stereocenters. The number of fused-ring (bicyclic) bond motifs is 2. The van der Waals surface area contributed by atoms with Crippen LogP contribution < -0.4 is 5.32 Å². The van der Waals surface area contributed by atoms with Crippen LogP contribution in [0.3, 0.4) is 0 Å². The molecule has 0 aliphatic heterocycles. The lowest BCUT2D eigenvalue weighted by atomic mass is 9.86. The second kappa shape index (κ2) is 3.52. The van der Waals surface area contributed by atoms with Gasteiger partial charge in [0.25, 0.3) is 0 Å². The van der Waals surface area contributed by atoms with Crippen LogP contribution in [-0.4, -0.2) is 11.6 Å². The van der Waals surface area contributed by atoms with Gasteiger partial charge in [-0.3, -0.25) is 0 Å². The molecule has 1 heteroatoms. The van der Waals surface area contributed by atoms with E-state index in [2.05, 4.69) is 33.0 Å². The molecular formula is C13H25N. The molecular weight excluding hydrogens is 170 g/mol. The van der Waals surface area contributed by atoms with Gasteiger partial charge in [-0.15, -0.1) is 0 Å². The lowest BCUT2D eigenvalue weighted by Crippen LogP contribution is -2.51. The fraction of sp³-hybridized carbons (Fsp3) is 1.00. The predicted molar refractivity (Wildman–Crippen MR) is 61.3 cm³/mol. The van der Waals surface area contributed by atoms with E-state index in [1.807, 2.05) is 0 Å². The van der Waals surface area contributed by atoms with Crippen molar-refractivity contribution in [3.63, 3.8) is 0 Å². The van der Waals surface area contributed by atoms with Crippen LogP contribution in [-0.2, 0) is 0 Å². The summed E-state index contributed by atoms with van der Waals surface area (Å²) in [7, 11) is 0. The molecule has 0 amide bonds. The molecule has 2 rings (SSSR count). The predicted octanol–water partition coefficient (Wildman–Crippen LogP) is 3.20. The van der Waals surface area contributed by atoms with Crippen LogP contribution in [0.1, 0.15) is 53.4 Å². The van der Waals surface area contributed by atoms with Gasteiger partial charge in [0.15, 0.2) is 0 Å². The van der Waals surface area contributed by atoms with Crippen LogP contribution in [0.15, 0.2) is 0 Å². The van der Waals surface area contributed by atoms with Gasteiger partial charge in [-0.2, -0.15) is 0 Å². The Bertz CT molecular complexity index is 207. The second-order valence-electron chi connectivity index (χ2n) is 6.30. The highest BCUT2D eigenvalue weighted by Crippen LogP contribution is 2.45. The molecule has 0 aromatic carbocycles. The van der Waals surface area contributed by atoms with Gasteiger partial charge in [0.1, 0.15) is 0 Å². The Kier molecular flexibility index (Phi) is 2.63. The lowest BCUT2D eigenvalue weighted by molar-refractivity contribution is 0.215. The summed E-state index contributed by atoms with van der Waals surface area (Å²) in [5.41, 5.74) is 0.315. The molecule has 0 spiro atoms. The first-order valence-corrected chi connectivity index (χ1v) is 6.26. The molecule has 0 aromatic rings. The molecule has 2 fully saturated rings. The summed E-state index contributed by atoms with van der Waals surface area (Å²) >= 11 is 0. The largest absolute Gasteiger partial charge is 0.309 e. The van der Waals surface area contributed by atoms with Crippen molar-refractivity contribution in [3.8, 4) is 0 Å². The van der Waals surface area contributed by atoms with E-state index >= 15 is 0 Å². The first-order valence-electron chi connectivity index (χ1n) is 6.26. The minimum atomic E-state index is 0.315. The third kappa shape index (κ3) is 1.84. The van der Waals surface area contributed by atoms with Gasteiger partial charge in [0, 0.05) is 11.6 Å². The van der Waals surface area contributed by atoms with Crippen molar-refractivity contribution in [2.75, 3.05) is 0 Å². The molecule has 0 radical (unpaired) electrons. The van der Waals surface area contributed by atoms with Gasteiger partial charge in [-0.1, -0.05) is 20.3 Å². The van der Waals surface area contributed by atoms with Crippen molar-refractivity contribution in [1.82, 2.24) is 5.32 Å². The third-order valence-electron chi connectivity index (χ3n) is 4.74. The van der Waals surface area contributed by atoms with Crippen molar-refractivity contribution < 1.29 is 0 Å². The third-order valence-corrected chi connectivity index (χ3v) is 4.74. The Hall–Kier alpha value is -0.0400. The van der Waals surface area contributed by atoms with Crippen molar-refractivity contribution >= 4 is 0 Å². The second-order valence-corrected chi connectivity index (χ2v) is 6.30. The molecule has 0 heterocycles. The van der Waals surface area contributed by atoms with E-state index in [1.54, 1.807) is 0 Å². The van der Waals surface area contributed by atoms with Crippen molar-refractivity contribution in [2.45, 2.75) is 65.0 Å². The lowest BCUT2D eigenvalue weighted by Gasteiger charge is -2.37. The van der Waals surface area contributed by atoms with Crippen LogP contribution in [0.5, 0.6) is 0 Å². The number of nitrogens with one attached hydrogen (secondary N) is 1. The Morgan fingerprint density at radius 2 is 1.86 bits per heavy atom. The standard InChI is InChI=1S/C13H25N/c1-9(2)13(3,4)14-12-8-10-5-6-11(12)7-10/h9-12,14H,5-8H2,1-4H3. The van der Waals surface area contributed by atoms with Gasteiger partial charge >= 0.3 is 0 Å². The molecule has 2 aliphatic rings. The number of hydrogen-bond donors (Lipinski definition) is 1. The molecule has 0 saturated heterocycles. The van der Waals surface area contributed by atoms with Crippen LogP contribution in [0, 0.1) is 17.8 Å². The zero-order valence-corrected chi connectivity index (χ0v) is 10.1. The smallest absolute Gasteiger partial charge is 0.0150 e. The Labute approximate surface area is 88.7 Å². The fourth-order valence-corrected chi connectivity index (χ4v) is 3.07. The van der Waals surface area contributed by atoms with Gasteiger partial charge in [0.2, 0.25) is 0 Å². The van der Waals surface area contributed by atoms with E-state index in [0.717, 1.165) is 23.8 Å². The molecule has 1 nitrogen and oxygen atoms in total. The van der Waals surface area contributed by atoms with Crippen molar-refractivity contribution in [2.24, 2.45) is 17.8 Å². The zero-order valence-electron chi connectivity index (χ0n) is 10.1. The molecule has 2 saturated carbocycles. The monoisotopic (exact) mass is 195 g/mol. The molecule has 2 aliphatic carbocycles. The summed E-state index contributed by atoms with van der Waals surface area (Å²) in [5, 5.41) is 3.89. The number of hydrogen-bond acceptors (Lipinski definition) is 1. The number of rotatable bonds is 3. The average molecular weight is 195 g/mol. The summed E-state index contributed by atoms with van der Waals surface area (Å²) in [6, 6.07) is 0.825. The van der Waals surface area contributed by atoms with E-state index in [0.29, 0.717) is 5.54 Å². The normalized spacial score (nSPS) is 37.1. The van der Waals surface area contributed by atoms with Crippen molar-refractivity contribution in [3.05, 3.63) is 0 Å². The molecule has 1 N–H and O–H groups in total. The average Bonchev–Trinajstić information content (AvgIpc) is 2.63. The van der Waals surface area contributed by atoms with Crippen LogP contribution in [0.2, 0.25) is 0 Å². The van der Waals surface area contributed by atoms with E-state index in [4.69, 9.17) is 0 Å². The minimum absolute atomic E-state index is 0.315. The maximum Gasteiger partial charge on any atom is 0.0150 e. The van der Waals surface area contributed by atoms with Gasteiger partial charge in [-0.05, 0) is 50.9 Å². The summed E-state index contributed by atoms with van der Waals surface area (Å²) < 4.78 is 0. The highest BCUT2D eigenvalue weighted by molar-refractivity contribution is 4.97. The van der Waals surface area contributed by atoms with Crippen molar-refractivity contribution in [1.29, 1.82) is 0 Å². The minimum Gasteiger partial charge on any atom is -0.309 e. The Balaban J connectivity index is 1.92. The van der Waals surface area contributed by atoms with E-state index in [-0.39, 0.29) is 0 Å². The first kappa shape index (κ1) is 10.5. The molecule has 14 heavy (non-hydrogen) atoms. The summed E-state index contributed by atoms with van der Waals surface area (Å²) in [4.78, 5) is 0. The molecule has 2 bridgehead atoms. The fourth-order valence-electron chi connectivity index (χ4n) is 3.07. The molecule has 3 unspecified atom stereocenters. The van der Waals surface area contributed by atoms with E-state index in [1.165, 1.54) is 25.7 Å². The maximum atomic E-state index is 3.89. The van der Waals surface area contributed by atoms with Gasteiger partial charge in [0.05, 0.1) is 0 Å². The summed E-state index contributed by atoms with van der Waals surface area (Å²) in [6.45, 7) is 9.34.